The van der Waals surface area contributed by atoms with Crippen LogP contribution in [0.5, 0.6) is 0 Å². The predicted molar refractivity (Wildman–Crippen MR) is 163 cm³/mol. The van der Waals surface area contributed by atoms with Crippen LogP contribution in [0.4, 0.5) is 37.9 Å². The van der Waals surface area contributed by atoms with E-state index in [4.69, 9.17) is 4.74 Å². The number of rotatable bonds is 10. The first-order valence-corrected chi connectivity index (χ1v) is 15.1. The highest BCUT2D eigenvalue weighted by molar-refractivity contribution is 7.19. The number of aryl methyl sites for hydroxylation is 2. The third-order valence-corrected chi connectivity index (χ3v) is 8.11. The number of aromatic nitrogens is 1. The Morgan fingerprint density at radius 1 is 0.878 bits per heavy atom. The summed E-state index contributed by atoms with van der Waals surface area (Å²) in [6, 6.07) is 15.5. The number of ether oxygens (including phenoxy) is 1. The minimum atomic E-state index is -0.307. The van der Waals surface area contributed by atoms with Crippen molar-refractivity contribution in [2.45, 2.75) is 40.0 Å². The lowest BCUT2D eigenvalue weighted by molar-refractivity contribution is -0.142. The summed E-state index contributed by atoms with van der Waals surface area (Å²) in [5.41, 5.74) is 5.44. The lowest BCUT2D eigenvalue weighted by Crippen LogP contribution is -2.15. The maximum absolute atomic E-state index is 11.6. The second-order valence-corrected chi connectivity index (χ2v) is 11.3. The van der Waals surface area contributed by atoms with Gasteiger partial charge in [-0.1, -0.05) is 11.3 Å². The van der Waals surface area contributed by atoms with Crippen LogP contribution in [-0.4, -0.2) is 30.6 Å². The van der Waals surface area contributed by atoms with Crippen molar-refractivity contribution in [3.05, 3.63) is 70.7 Å². The summed E-state index contributed by atoms with van der Waals surface area (Å²) in [5, 5.41) is 30.6. The first-order chi connectivity index (χ1) is 20.0. The maximum atomic E-state index is 11.6. The zero-order valence-corrected chi connectivity index (χ0v) is 24.8. The molecule has 2 aromatic heterocycles. The molecule has 41 heavy (non-hydrogen) atoms. The molecule has 3 heterocycles. The van der Waals surface area contributed by atoms with Gasteiger partial charge in [0.1, 0.15) is 5.00 Å². The van der Waals surface area contributed by atoms with Crippen LogP contribution in [0.25, 0.3) is 0 Å². The minimum absolute atomic E-state index is 0.125. The van der Waals surface area contributed by atoms with Gasteiger partial charge in [-0.15, -0.1) is 31.8 Å². The molecular weight excluding hydrogens is 557 g/mol. The van der Waals surface area contributed by atoms with E-state index in [1.807, 2.05) is 56.3 Å². The number of thiophene rings is 1. The fourth-order valence-electron chi connectivity index (χ4n) is 4.21. The van der Waals surface area contributed by atoms with Gasteiger partial charge in [-0.05, 0) is 93.3 Å². The molecule has 5 rings (SSSR count). The summed E-state index contributed by atoms with van der Waals surface area (Å²) >= 11 is 3.00. The Morgan fingerprint density at radius 2 is 1.54 bits per heavy atom. The SMILES string of the molecule is CCOC(=O)Cc1csc(/N=N/c2ccc(/N=N/c3ccc(/N=N/c4ccc(N5CCCC5)s4)cc3C)cc2C)n1. The van der Waals surface area contributed by atoms with Gasteiger partial charge in [0.15, 0.2) is 0 Å². The highest BCUT2D eigenvalue weighted by Crippen LogP contribution is 2.35. The summed E-state index contributed by atoms with van der Waals surface area (Å²) in [4.78, 5) is 18.4. The van der Waals surface area contributed by atoms with Crippen LogP contribution in [0.3, 0.4) is 0 Å². The Bertz CT molecular complexity index is 1600. The molecule has 12 heteroatoms. The lowest BCUT2D eigenvalue weighted by atomic mass is 10.2. The molecule has 0 atom stereocenters. The van der Waals surface area contributed by atoms with Gasteiger partial charge >= 0.3 is 5.97 Å². The normalized spacial score (nSPS) is 13.8. The molecule has 10 nitrogen and oxygen atoms in total. The number of carbonyl (C=O) groups excluding carboxylic acids is 1. The van der Waals surface area contributed by atoms with E-state index in [2.05, 4.69) is 46.6 Å². The van der Waals surface area contributed by atoms with Crippen molar-refractivity contribution in [2.75, 3.05) is 24.6 Å². The van der Waals surface area contributed by atoms with Crippen molar-refractivity contribution >= 4 is 66.5 Å². The Hall–Kier alpha value is -4.16. The van der Waals surface area contributed by atoms with Gasteiger partial charge in [0.05, 0.1) is 46.5 Å². The molecule has 0 N–H and O–H groups in total. The Morgan fingerprint density at radius 3 is 2.20 bits per heavy atom. The predicted octanol–water partition coefficient (Wildman–Crippen LogP) is 9.77. The molecule has 0 bridgehead atoms. The lowest BCUT2D eigenvalue weighted by Gasteiger charge is -2.13. The fourth-order valence-corrected chi connectivity index (χ4v) is 5.72. The first-order valence-electron chi connectivity index (χ1n) is 13.4. The van der Waals surface area contributed by atoms with E-state index in [0.29, 0.717) is 28.8 Å². The fraction of sp³-hybridized carbons (Fsp3) is 0.310. The second kappa shape index (κ2) is 13.5. The molecule has 0 amide bonds. The minimum Gasteiger partial charge on any atom is -0.466 e. The average Bonchev–Trinajstić information content (AvgIpc) is 3.73. The van der Waals surface area contributed by atoms with Crippen molar-refractivity contribution in [3.8, 4) is 0 Å². The number of thiazole rings is 1. The standard InChI is InChI=1S/C29H30N8O2S2/c1-4-39-28(38)17-23-18-40-29(30-23)36-34-25-10-7-21(15-20(25)3)31-33-24-9-8-22(16-19(24)2)32-35-26-11-12-27(41-26)37-13-5-6-14-37/h7-12,15-16,18H,4-6,13-14,17H2,1-3H3/b33-31+,35-32+,36-34+. The van der Waals surface area contributed by atoms with Crippen molar-refractivity contribution in [1.29, 1.82) is 0 Å². The van der Waals surface area contributed by atoms with Gasteiger partial charge in [0.25, 0.3) is 0 Å². The van der Waals surface area contributed by atoms with E-state index in [1.54, 1.807) is 23.6 Å². The molecule has 1 aliphatic rings. The van der Waals surface area contributed by atoms with Crippen LogP contribution in [-0.2, 0) is 16.0 Å². The molecule has 1 saturated heterocycles. The van der Waals surface area contributed by atoms with Crippen LogP contribution in [0.1, 0.15) is 36.6 Å². The molecule has 0 radical (unpaired) electrons. The Labute approximate surface area is 246 Å². The van der Waals surface area contributed by atoms with Crippen LogP contribution in [0, 0.1) is 13.8 Å². The molecule has 4 aromatic rings. The van der Waals surface area contributed by atoms with Gasteiger partial charge < -0.3 is 9.64 Å². The molecule has 1 fully saturated rings. The summed E-state index contributed by atoms with van der Waals surface area (Å²) < 4.78 is 4.96. The van der Waals surface area contributed by atoms with E-state index in [1.165, 1.54) is 29.2 Å². The van der Waals surface area contributed by atoms with Crippen LogP contribution < -0.4 is 4.90 Å². The smallest absolute Gasteiger partial charge is 0.311 e. The van der Waals surface area contributed by atoms with E-state index < -0.39 is 0 Å². The summed E-state index contributed by atoms with van der Waals surface area (Å²) in [7, 11) is 0. The zero-order valence-electron chi connectivity index (χ0n) is 23.1. The van der Waals surface area contributed by atoms with Gasteiger partial charge in [-0.2, -0.15) is 10.2 Å². The molecule has 0 aliphatic carbocycles. The van der Waals surface area contributed by atoms with E-state index >= 15 is 0 Å². The zero-order chi connectivity index (χ0) is 28.6. The van der Waals surface area contributed by atoms with E-state index in [-0.39, 0.29) is 12.4 Å². The number of hydrogen-bond donors (Lipinski definition) is 0. The molecule has 2 aromatic carbocycles. The number of esters is 1. The Balaban J connectivity index is 1.19. The molecule has 0 saturated carbocycles. The van der Waals surface area contributed by atoms with Crippen molar-refractivity contribution in [1.82, 2.24) is 4.98 Å². The summed E-state index contributed by atoms with van der Waals surface area (Å²) in [6.45, 7) is 8.28. The maximum Gasteiger partial charge on any atom is 0.311 e. The quantitative estimate of drug-likeness (QED) is 0.136. The van der Waals surface area contributed by atoms with Crippen LogP contribution in [0.15, 0.2) is 84.6 Å². The van der Waals surface area contributed by atoms with Crippen LogP contribution >= 0.6 is 22.7 Å². The number of benzene rings is 2. The number of hydrogen-bond acceptors (Lipinski definition) is 12. The highest BCUT2D eigenvalue weighted by atomic mass is 32.1. The third kappa shape index (κ3) is 7.74. The van der Waals surface area contributed by atoms with Crippen molar-refractivity contribution in [2.24, 2.45) is 30.7 Å². The number of carbonyl (C=O) groups is 1. The molecule has 1 aliphatic heterocycles. The van der Waals surface area contributed by atoms with Gasteiger partial charge in [-0.25, -0.2) is 4.98 Å². The van der Waals surface area contributed by atoms with Crippen molar-refractivity contribution in [3.63, 3.8) is 0 Å². The van der Waals surface area contributed by atoms with Crippen LogP contribution in [0.2, 0.25) is 0 Å². The average molecular weight is 587 g/mol. The van der Waals surface area contributed by atoms with Gasteiger partial charge in [-0.3, -0.25) is 4.79 Å². The van der Waals surface area contributed by atoms with Gasteiger partial charge in [0.2, 0.25) is 5.13 Å². The topological polar surface area (TPSA) is 117 Å². The second-order valence-electron chi connectivity index (χ2n) is 9.45. The third-order valence-electron chi connectivity index (χ3n) is 6.31. The number of anilines is 1. The number of nitrogens with zero attached hydrogens (tertiary/aromatic N) is 8. The van der Waals surface area contributed by atoms with Gasteiger partial charge in [0, 0.05) is 18.5 Å². The summed E-state index contributed by atoms with van der Waals surface area (Å²) in [5.74, 6) is -0.307. The molecule has 0 spiro atoms. The largest absolute Gasteiger partial charge is 0.466 e. The molecule has 0 unspecified atom stereocenters. The Kier molecular flexibility index (Phi) is 9.32. The first kappa shape index (κ1) is 28.4. The van der Waals surface area contributed by atoms with Crippen molar-refractivity contribution < 1.29 is 9.53 Å². The number of azo groups is 3. The molecule has 210 valence electrons. The molecular formula is C29H30N8O2S2. The monoisotopic (exact) mass is 586 g/mol. The van der Waals surface area contributed by atoms with E-state index in [9.17, 15) is 4.79 Å². The summed E-state index contributed by atoms with van der Waals surface area (Å²) in [6.07, 6.45) is 2.63. The van der Waals surface area contributed by atoms with E-state index in [0.717, 1.165) is 40.6 Å². The highest BCUT2D eigenvalue weighted by Gasteiger charge is 2.14.